The summed E-state index contributed by atoms with van der Waals surface area (Å²) >= 11 is 6.19. The molecule has 9 nitrogen and oxygen atoms in total. The molecule has 1 unspecified atom stereocenters. The maximum atomic E-state index is 14.3. The molecule has 0 spiro atoms. The molecule has 2 aliphatic rings. The molecule has 1 saturated carbocycles. The normalized spacial score (nSPS) is 20.2. The first-order valence-electron chi connectivity index (χ1n) is 12.8. The molecule has 1 aliphatic heterocycles. The molecule has 218 valence electrons. The molecular weight excluding hydrogens is 597 g/mol. The smallest absolute Gasteiger partial charge is 0.257 e. The maximum Gasteiger partial charge on any atom is 0.257 e. The van der Waals surface area contributed by atoms with Gasteiger partial charge >= 0.3 is 0 Å². The molecule has 0 bridgehead atoms. The third-order valence-corrected chi connectivity index (χ3v) is 9.20. The highest BCUT2D eigenvalue weighted by atomic mass is 35.5. The second-order valence-corrected chi connectivity index (χ2v) is 12.4. The number of halogens is 4. The van der Waals surface area contributed by atoms with Crippen molar-refractivity contribution in [3.05, 3.63) is 70.6 Å². The van der Waals surface area contributed by atoms with Crippen LogP contribution in [-0.4, -0.2) is 54.4 Å². The first kappa shape index (κ1) is 28.2. The minimum atomic E-state index is -4.39. The number of hydrogen-bond donors (Lipinski definition) is 1. The Balaban J connectivity index is 1.24. The van der Waals surface area contributed by atoms with Crippen LogP contribution in [0.3, 0.4) is 0 Å². The third-order valence-electron chi connectivity index (χ3n) is 7.09. The van der Waals surface area contributed by atoms with E-state index in [1.54, 1.807) is 36.5 Å². The zero-order valence-corrected chi connectivity index (χ0v) is 23.5. The van der Waals surface area contributed by atoms with Crippen molar-refractivity contribution >= 4 is 38.2 Å². The minimum absolute atomic E-state index is 0.0495. The van der Waals surface area contributed by atoms with Gasteiger partial charge in [-0.05, 0) is 42.5 Å². The van der Waals surface area contributed by atoms with E-state index in [0.717, 1.165) is 6.07 Å². The number of ether oxygens (including phenoxy) is 2. The third kappa shape index (κ3) is 5.11. The maximum absolute atomic E-state index is 14.3. The zero-order chi connectivity index (χ0) is 29.8. The zero-order valence-electron chi connectivity index (χ0n) is 21.9. The number of sulfone groups is 1. The number of carbonyl (C=O) groups is 1. The Morgan fingerprint density at radius 2 is 1.90 bits per heavy atom. The Bertz CT molecular complexity index is 1860. The van der Waals surface area contributed by atoms with Crippen LogP contribution in [0.2, 0.25) is 5.02 Å². The predicted molar refractivity (Wildman–Crippen MR) is 146 cm³/mol. The Morgan fingerprint density at radius 1 is 1.17 bits per heavy atom. The number of alkyl halides is 3. The van der Waals surface area contributed by atoms with E-state index in [1.165, 1.54) is 13.2 Å². The van der Waals surface area contributed by atoms with Gasteiger partial charge in [0.1, 0.15) is 10.6 Å². The molecule has 4 aromatic rings. The van der Waals surface area contributed by atoms with Gasteiger partial charge in [-0.25, -0.2) is 31.6 Å². The van der Waals surface area contributed by atoms with Crippen molar-refractivity contribution < 1.29 is 35.9 Å². The number of nitrogens with one attached hydrogen (secondary N) is 1. The van der Waals surface area contributed by atoms with Crippen molar-refractivity contribution in [2.75, 3.05) is 13.7 Å². The van der Waals surface area contributed by atoms with Gasteiger partial charge in [0.05, 0.1) is 59.5 Å². The largest absolute Gasteiger partial charge is 0.495 e. The standard InChI is InChI=1S/C28H22ClF3N4O5S/c1-40-22-5-4-20(36-25(22)17-11-28(17,31)32)19-3-2-14-12-33-16(10-21(14)35-19)13-34-27(37)15-8-18(29)26-23(9-15)42(38,39)24(30)6-7-41-26/h2-5,8-10,12,17,24H,6-7,11,13H2,1H3,(H,34,37)/t17?,24-/m1/s1. The average molecular weight is 619 g/mol. The van der Waals surface area contributed by atoms with E-state index in [2.05, 4.69) is 20.3 Å². The molecule has 3 aromatic heterocycles. The van der Waals surface area contributed by atoms with E-state index in [4.69, 9.17) is 21.1 Å². The highest BCUT2D eigenvalue weighted by Gasteiger charge is 2.59. The summed E-state index contributed by atoms with van der Waals surface area (Å²) in [6.45, 7) is -0.222. The molecule has 1 aliphatic carbocycles. The number of aromatic nitrogens is 3. The van der Waals surface area contributed by atoms with Gasteiger partial charge in [0.25, 0.3) is 11.8 Å². The Kier molecular flexibility index (Phi) is 6.97. The van der Waals surface area contributed by atoms with E-state index in [-0.39, 0.29) is 53.8 Å². The first-order chi connectivity index (χ1) is 20.0. The molecule has 42 heavy (non-hydrogen) atoms. The first-order valence-corrected chi connectivity index (χ1v) is 14.7. The fraction of sp³-hybridized carbons (Fsp3) is 0.286. The van der Waals surface area contributed by atoms with E-state index in [1.807, 2.05) is 0 Å². The molecule has 4 heterocycles. The van der Waals surface area contributed by atoms with Gasteiger partial charge in [0.15, 0.2) is 5.75 Å². The lowest BCUT2D eigenvalue weighted by molar-refractivity contribution is 0.0949. The van der Waals surface area contributed by atoms with Crippen LogP contribution in [0.15, 0.2) is 53.6 Å². The highest BCUT2D eigenvalue weighted by Crippen LogP contribution is 2.57. The van der Waals surface area contributed by atoms with Gasteiger partial charge in [-0.15, -0.1) is 0 Å². The van der Waals surface area contributed by atoms with Gasteiger partial charge in [-0.1, -0.05) is 11.6 Å². The lowest BCUT2D eigenvalue weighted by Crippen LogP contribution is -2.24. The number of carbonyl (C=O) groups excluding carboxylic acids is 1. The number of rotatable bonds is 6. The van der Waals surface area contributed by atoms with Crippen molar-refractivity contribution in [3.63, 3.8) is 0 Å². The summed E-state index contributed by atoms with van der Waals surface area (Å²) in [5.41, 5.74) is -0.290. The summed E-state index contributed by atoms with van der Waals surface area (Å²) in [6.07, 6.45) is 0.920. The van der Waals surface area contributed by atoms with Crippen LogP contribution in [0.4, 0.5) is 13.2 Å². The van der Waals surface area contributed by atoms with E-state index >= 15 is 0 Å². The van der Waals surface area contributed by atoms with E-state index < -0.39 is 38.0 Å². The van der Waals surface area contributed by atoms with Crippen molar-refractivity contribution in [2.45, 2.75) is 41.6 Å². The van der Waals surface area contributed by atoms with Crippen LogP contribution >= 0.6 is 11.6 Å². The van der Waals surface area contributed by atoms with Gasteiger partial charge in [0.2, 0.25) is 15.3 Å². The monoisotopic (exact) mass is 618 g/mol. The second kappa shape index (κ2) is 10.4. The fourth-order valence-electron chi connectivity index (χ4n) is 4.70. The Labute approximate surface area is 243 Å². The van der Waals surface area contributed by atoms with Gasteiger partial charge in [-0.3, -0.25) is 9.78 Å². The molecule has 0 saturated heterocycles. The van der Waals surface area contributed by atoms with Crippen LogP contribution in [0, 0.1) is 0 Å². The SMILES string of the molecule is COc1ccc(-c2ccc3cnc(CNC(=O)c4cc(Cl)c5c(c4)S(=O)(=O)[C@@H](F)CCO5)cc3n2)nc1C1CC1(F)F. The summed E-state index contributed by atoms with van der Waals surface area (Å²) in [4.78, 5) is 25.8. The number of benzene rings is 1. The molecular formula is C28H22ClF3N4O5S. The summed E-state index contributed by atoms with van der Waals surface area (Å²) in [6, 6.07) is 10.6. The average Bonchev–Trinajstić information content (AvgIpc) is 3.64. The fourth-order valence-corrected chi connectivity index (χ4v) is 6.43. The van der Waals surface area contributed by atoms with E-state index in [9.17, 15) is 26.4 Å². The molecule has 1 aromatic carbocycles. The number of amides is 1. The second-order valence-electron chi connectivity index (χ2n) is 9.93. The quantitative estimate of drug-likeness (QED) is 0.311. The topological polar surface area (TPSA) is 120 Å². The molecule has 1 fully saturated rings. The molecule has 1 N–H and O–H groups in total. The number of nitrogens with zero attached hydrogens (tertiary/aromatic N) is 3. The highest BCUT2D eigenvalue weighted by molar-refractivity contribution is 7.92. The molecule has 14 heteroatoms. The lowest BCUT2D eigenvalue weighted by atomic mass is 10.1. The van der Waals surface area contributed by atoms with Gasteiger partial charge in [-0.2, -0.15) is 0 Å². The lowest BCUT2D eigenvalue weighted by Gasteiger charge is -2.12. The van der Waals surface area contributed by atoms with Crippen molar-refractivity contribution in [1.29, 1.82) is 0 Å². The summed E-state index contributed by atoms with van der Waals surface area (Å²) in [7, 11) is -2.99. The van der Waals surface area contributed by atoms with Crippen LogP contribution in [0.1, 0.15) is 40.5 Å². The number of hydrogen-bond acceptors (Lipinski definition) is 8. The molecule has 0 radical (unpaired) electrons. The minimum Gasteiger partial charge on any atom is -0.495 e. The Morgan fingerprint density at radius 3 is 2.64 bits per heavy atom. The van der Waals surface area contributed by atoms with Crippen molar-refractivity contribution in [1.82, 2.24) is 20.3 Å². The van der Waals surface area contributed by atoms with Crippen LogP contribution in [-0.2, 0) is 16.4 Å². The van der Waals surface area contributed by atoms with Crippen molar-refractivity contribution in [3.8, 4) is 22.9 Å². The Hall–Kier alpha value is -3.97. The summed E-state index contributed by atoms with van der Waals surface area (Å²) in [5.74, 6) is -4.38. The van der Waals surface area contributed by atoms with Gasteiger partial charge in [0, 0.05) is 30.0 Å². The molecule has 2 atom stereocenters. The number of pyridine rings is 3. The van der Waals surface area contributed by atoms with E-state index in [0.29, 0.717) is 28.0 Å². The van der Waals surface area contributed by atoms with Gasteiger partial charge < -0.3 is 14.8 Å². The summed E-state index contributed by atoms with van der Waals surface area (Å²) in [5, 5.41) is 3.21. The molecule has 6 rings (SSSR count). The number of fused-ring (bicyclic) bond motifs is 2. The molecule has 1 amide bonds. The summed E-state index contributed by atoms with van der Waals surface area (Å²) < 4.78 is 77.6. The predicted octanol–water partition coefficient (Wildman–Crippen LogP) is 5.26. The van der Waals surface area contributed by atoms with Crippen LogP contribution in [0.25, 0.3) is 22.3 Å². The van der Waals surface area contributed by atoms with Crippen LogP contribution in [0.5, 0.6) is 11.5 Å². The van der Waals surface area contributed by atoms with Crippen LogP contribution < -0.4 is 14.8 Å². The van der Waals surface area contributed by atoms with Crippen molar-refractivity contribution in [2.24, 2.45) is 0 Å². The number of methoxy groups -OCH3 is 1.